The zero-order valence-electron chi connectivity index (χ0n) is 11.0. The Morgan fingerprint density at radius 2 is 2.00 bits per heavy atom. The summed E-state index contributed by atoms with van der Waals surface area (Å²) in [4.78, 5) is 18.7. The number of rotatable bonds is 3. The summed E-state index contributed by atoms with van der Waals surface area (Å²) in [5.74, 6) is 0.136. The highest BCUT2D eigenvalue weighted by molar-refractivity contribution is 5.67. The number of hydrogen-bond acceptors (Lipinski definition) is 4. The van der Waals surface area contributed by atoms with Crippen LogP contribution in [0.15, 0.2) is 29.1 Å². The van der Waals surface area contributed by atoms with E-state index in [2.05, 4.69) is 9.97 Å². The highest BCUT2D eigenvalue weighted by Gasteiger charge is 2.13. The molecular weight excluding hydrogens is 242 g/mol. The highest BCUT2D eigenvalue weighted by atomic mass is 16.3. The highest BCUT2D eigenvalue weighted by Crippen LogP contribution is 2.23. The van der Waals surface area contributed by atoms with Crippen LogP contribution in [0.2, 0.25) is 0 Å². The van der Waals surface area contributed by atoms with E-state index in [0.29, 0.717) is 17.8 Å². The van der Waals surface area contributed by atoms with Crippen LogP contribution in [0.4, 0.5) is 0 Å². The van der Waals surface area contributed by atoms with E-state index >= 15 is 0 Å². The van der Waals surface area contributed by atoms with E-state index in [1.165, 1.54) is 0 Å². The molecule has 5 heteroatoms. The first kappa shape index (κ1) is 13.3. The standard InChI is InChI=1S/C14H17N3O2/c1-8-3-5-10(6-4-8)12-13(18)16-11(7-9(2)15)17-14(12)19/h3-6,9H,7,15H2,1-2H3,(H2,16,17,18,19). The van der Waals surface area contributed by atoms with Gasteiger partial charge in [-0.1, -0.05) is 29.8 Å². The zero-order valence-corrected chi connectivity index (χ0v) is 11.0. The molecule has 0 aliphatic heterocycles. The Kier molecular flexibility index (Phi) is 3.66. The number of nitrogens with two attached hydrogens (primary N) is 1. The molecule has 100 valence electrons. The predicted molar refractivity (Wildman–Crippen MR) is 74.0 cm³/mol. The van der Waals surface area contributed by atoms with Crippen LogP contribution < -0.4 is 11.3 Å². The Hall–Kier alpha value is -2.14. The van der Waals surface area contributed by atoms with Crippen molar-refractivity contribution in [2.24, 2.45) is 5.73 Å². The molecule has 19 heavy (non-hydrogen) atoms. The monoisotopic (exact) mass is 259 g/mol. The Labute approximate surface area is 111 Å². The lowest BCUT2D eigenvalue weighted by Crippen LogP contribution is -2.22. The second-order valence-electron chi connectivity index (χ2n) is 4.76. The summed E-state index contributed by atoms with van der Waals surface area (Å²) in [7, 11) is 0. The maximum Gasteiger partial charge on any atom is 0.262 e. The van der Waals surface area contributed by atoms with Crippen molar-refractivity contribution in [3.8, 4) is 17.0 Å². The smallest absolute Gasteiger partial charge is 0.262 e. The van der Waals surface area contributed by atoms with Crippen molar-refractivity contribution in [1.82, 2.24) is 9.97 Å². The minimum Gasteiger partial charge on any atom is -0.493 e. The van der Waals surface area contributed by atoms with Gasteiger partial charge >= 0.3 is 0 Å². The van der Waals surface area contributed by atoms with E-state index in [9.17, 15) is 9.90 Å². The number of aryl methyl sites for hydroxylation is 1. The molecule has 1 aromatic heterocycles. The van der Waals surface area contributed by atoms with Gasteiger partial charge in [0.1, 0.15) is 11.4 Å². The van der Waals surface area contributed by atoms with Gasteiger partial charge < -0.3 is 15.8 Å². The third-order valence-corrected chi connectivity index (χ3v) is 2.80. The van der Waals surface area contributed by atoms with Crippen molar-refractivity contribution in [2.75, 3.05) is 0 Å². The van der Waals surface area contributed by atoms with Gasteiger partial charge in [-0.3, -0.25) is 4.79 Å². The van der Waals surface area contributed by atoms with Gasteiger partial charge in [-0.15, -0.1) is 0 Å². The molecule has 0 spiro atoms. The lowest BCUT2D eigenvalue weighted by molar-refractivity contribution is 0.449. The van der Waals surface area contributed by atoms with E-state index in [0.717, 1.165) is 5.56 Å². The number of aromatic hydroxyl groups is 1. The Balaban J connectivity index is 2.48. The normalized spacial score (nSPS) is 12.4. The third-order valence-electron chi connectivity index (χ3n) is 2.80. The predicted octanol–water partition coefficient (Wildman–Crippen LogP) is 1.34. The molecule has 0 amide bonds. The van der Waals surface area contributed by atoms with Crippen molar-refractivity contribution in [1.29, 1.82) is 0 Å². The summed E-state index contributed by atoms with van der Waals surface area (Å²) < 4.78 is 0. The fourth-order valence-corrected chi connectivity index (χ4v) is 1.89. The molecular formula is C14H17N3O2. The lowest BCUT2D eigenvalue weighted by Gasteiger charge is -2.08. The van der Waals surface area contributed by atoms with Crippen LogP contribution in [-0.4, -0.2) is 21.1 Å². The van der Waals surface area contributed by atoms with Gasteiger partial charge in [0, 0.05) is 12.5 Å². The summed E-state index contributed by atoms with van der Waals surface area (Å²) in [6.07, 6.45) is 0.414. The number of nitrogens with one attached hydrogen (secondary N) is 1. The minimum absolute atomic E-state index is 0.132. The average Bonchev–Trinajstić information content (AvgIpc) is 2.29. The molecule has 1 aromatic carbocycles. The first-order valence-electron chi connectivity index (χ1n) is 6.12. The fraction of sp³-hybridized carbons (Fsp3) is 0.286. The molecule has 0 aliphatic rings. The van der Waals surface area contributed by atoms with Gasteiger partial charge in [0.25, 0.3) is 5.56 Å². The second-order valence-corrected chi connectivity index (χ2v) is 4.76. The van der Waals surface area contributed by atoms with Gasteiger partial charge in [-0.05, 0) is 19.4 Å². The molecule has 0 saturated heterocycles. The number of benzene rings is 1. The van der Waals surface area contributed by atoms with Gasteiger partial charge in [-0.25, -0.2) is 0 Å². The largest absolute Gasteiger partial charge is 0.493 e. The first-order chi connectivity index (χ1) is 8.97. The van der Waals surface area contributed by atoms with Crippen LogP contribution in [0.25, 0.3) is 11.1 Å². The molecule has 4 N–H and O–H groups in total. The molecule has 5 nitrogen and oxygen atoms in total. The van der Waals surface area contributed by atoms with E-state index in [1.807, 2.05) is 26.0 Å². The molecule has 0 saturated carbocycles. The number of aromatic amines is 1. The molecule has 1 atom stereocenters. The second kappa shape index (κ2) is 5.24. The maximum atomic E-state index is 12.0. The zero-order chi connectivity index (χ0) is 14.0. The Bertz CT molecular complexity index is 630. The Morgan fingerprint density at radius 3 is 2.53 bits per heavy atom. The molecule has 2 rings (SSSR count). The SMILES string of the molecule is Cc1ccc(-c2c(O)nc(CC(C)N)[nH]c2=O)cc1. The third kappa shape index (κ3) is 3.00. The van der Waals surface area contributed by atoms with E-state index in [4.69, 9.17) is 5.73 Å². The van der Waals surface area contributed by atoms with E-state index in [1.54, 1.807) is 12.1 Å². The topological polar surface area (TPSA) is 92.0 Å². The van der Waals surface area contributed by atoms with Gasteiger partial charge in [0.05, 0.1) is 0 Å². The van der Waals surface area contributed by atoms with Crippen LogP contribution in [0.1, 0.15) is 18.3 Å². The molecule has 0 radical (unpaired) electrons. The summed E-state index contributed by atoms with van der Waals surface area (Å²) in [6, 6.07) is 7.19. The number of nitrogens with zero attached hydrogens (tertiary/aromatic N) is 1. The van der Waals surface area contributed by atoms with Crippen LogP contribution in [0.5, 0.6) is 5.88 Å². The lowest BCUT2D eigenvalue weighted by atomic mass is 10.1. The van der Waals surface area contributed by atoms with Crippen molar-refractivity contribution in [3.63, 3.8) is 0 Å². The van der Waals surface area contributed by atoms with Crippen LogP contribution in [-0.2, 0) is 6.42 Å². The van der Waals surface area contributed by atoms with Crippen molar-refractivity contribution in [2.45, 2.75) is 26.3 Å². The van der Waals surface area contributed by atoms with Crippen LogP contribution >= 0.6 is 0 Å². The van der Waals surface area contributed by atoms with Crippen molar-refractivity contribution < 1.29 is 5.11 Å². The average molecular weight is 259 g/mol. The number of hydrogen-bond donors (Lipinski definition) is 3. The van der Waals surface area contributed by atoms with Gasteiger partial charge in [0.15, 0.2) is 0 Å². The van der Waals surface area contributed by atoms with Crippen molar-refractivity contribution >= 4 is 0 Å². The quantitative estimate of drug-likeness (QED) is 0.775. The summed E-state index contributed by atoms with van der Waals surface area (Å²) in [6.45, 7) is 3.77. The number of H-pyrrole nitrogens is 1. The summed E-state index contributed by atoms with van der Waals surface area (Å²) >= 11 is 0. The molecule has 0 bridgehead atoms. The van der Waals surface area contributed by atoms with E-state index < -0.39 is 0 Å². The molecule has 0 aliphatic carbocycles. The number of aromatic nitrogens is 2. The minimum atomic E-state index is -0.355. The first-order valence-corrected chi connectivity index (χ1v) is 6.12. The molecule has 1 heterocycles. The van der Waals surface area contributed by atoms with Crippen molar-refractivity contribution in [3.05, 3.63) is 46.0 Å². The Morgan fingerprint density at radius 1 is 1.37 bits per heavy atom. The van der Waals surface area contributed by atoms with Crippen LogP contribution in [0.3, 0.4) is 0 Å². The van der Waals surface area contributed by atoms with E-state index in [-0.39, 0.29) is 23.0 Å². The molecule has 0 fully saturated rings. The van der Waals surface area contributed by atoms with Crippen LogP contribution in [0, 0.1) is 6.92 Å². The van der Waals surface area contributed by atoms with Gasteiger partial charge in [0.2, 0.25) is 5.88 Å². The molecule has 2 aromatic rings. The summed E-state index contributed by atoms with van der Waals surface area (Å²) in [5.41, 5.74) is 7.21. The summed E-state index contributed by atoms with van der Waals surface area (Å²) in [5, 5.41) is 9.94. The molecule has 1 unspecified atom stereocenters. The van der Waals surface area contributed by atoms with Gasteiger partial charge in [-0.2, -0.15) is 4.98 Å². The maximum absolute atomic E-state index is 12.0. The fourth-order valence-electron chi connectivity index (χ4n) is 1.89.